The van der Waals surface area contributed by atoms with E-state index in [0.717, 1.165) is 0 Å². The van der Waals surface area contributed by atoms with Gasteiger partial charge in [-0.15, -0.1) is 0 Å². The molecule has 0 aliphatic carbocycles. The van der Waals surface area contributed by atoms with Gasteiger partial charge in [0.2, 0.25) is 5.56 Å². The number of aromatic nitrogens is 1. The number of nitrogens with zero attached hydrogens (tertiary/aromatic N) is 1. The molecule has 0 atom stereocenters. The molecule has 2 rings (SSSR count). The van der Waals surface area contributed by atoms with Crippen molar-refractivity contribution in [1.29, 1.82) is 0 Å². The van der Waals surface area contributed by atoms with Gasteiger partial charge in [-0.2, -0.15) is 0 Å². The van der Waals surface area contributed by atoms with E-state index in [1.807, 2.05) is 0 Å². The maximum absolute atomic E-state index is 11.2. The normalized spacial score (nSPS) is 10.5. The molecule has 0 saturated heterocycles. The van der Waals surface area contributed by atoms with E-state index < -0.39 is 4.92 Å². The van der Waals surface area contributed by atoms with Gasteiger partial charge in [0.25, 0.3) is 5.69 Å². The molecule has 0 amide bonds. The Bertz CT molecular complexity index is 601. The number of pyridine rings is 1. The predicted molar refractivity (Wildman–Crippen MR) is 56.0 cm³/mol. The van der Waals surface area contributed by atoms with Gasteiger partial charge in [0.15, 0.2) is 0 Å². The first-order valence-electron chi connectivity index (χ1n) is 4.36. The van der Waals surface area contributed by atoms with Crippen molar-refractivity contribution in [1.82, 2.24) is 4.98 Å². The summed E-state index contributed by atoms with van der Waals surface area (Å²) in [6.07, 6.45) is 0. The summed E-state index contributed by atoms with van der Waals surface area (Å²) in [5.41, 5.74) is 0.284. The summed E-state index contributed by atoms with van der Waals surface area (Å²) >= 11 is 0. The average Bonchev–Trinajstić information content (AvgIpc) is 2.16. The molecule has 0 radical (unpaired) electrons. The Morgan fingerprint density at radius 3 is 2.80 bits per heavy atom. The van der Waals surface area contributed by atoms with Crippen molar-refractivity contribution < 1.29 is 4.92 Å². The zero-order valence-corrected chi connectivity index (χ0v) is 7.98. The van der Waals surface area contributed by atoms with Gasteiger partial charge in [0, 0.05) is 17.8 Å². The minimum Gasteiger partial charge on any atom is -0.326 e. The molecule has 2 aromatic rings. The highest BCUT2D eigenvalue weighted by Crippen LogP contribution is 2.25. The summed E-state index contributed by atoms with van der Waals surface area (Å²) in [7, 11) is 0. The molecular weight excluding hydrogens is 196 g/mol. The number of non-ortho nitro benzene ring substituents is 1. The van der Waals surface area contributed by atoms with Crippen LogP contribution < -0.4 is 5.56 Å². The summed E-state index contributed by atoms with van der Waals surface area (Å²) in [4.78, 5) is 24.0. The number of aromatic amines is 1. The maximum atomic E-state index is 11.2. The number of nitro groups is 1. The van der Waals surface area contributed by atoms with Crippen LogP contribution in [0.15, 0.2) is 29.1 Å². The monoisotopic (exact) mass is 204 g/mol. The van der Waals surface area contributed by atoms with Crippen LogP contribution in [0, 0.1) is 17.0 Å². The van der Waals surface area contributed by atoms with Crippen molar-refractivity contribution in [2.45, 2.75) is 6.92 Å². The zero-order valence-electron chi connectivity index (χ0n) is 7.98. The zero-order chi connectivity index (χ0) is 11.0. The van der Waals surface area contributed by atoms with E-state index in [9.17, 15) is 14.9 Å². The topological polar surface area (TPSA) is 76.0 Å². The van der Waals surface area contributed by atoms with E-state index in [-0.39, 0.29) is 11.2 Å². The van der Waals surface area contributed by atoms with E-state index in [0.29, 0.717) is 16.5 Å². The van der Waals surface area contributed by atoms with E-state index in [4.69, 9.17) is 0 Å². The van der Waals surface area contributed by atoms with Crippen LogP contribution in [0.2, 0.25) is 0 Å². The minimum atomic E-state index is -0.451. The lowest BCUT2D eigenvalue weighted by atomic mass is 10.1. The first-order chi connectivity index (χ1) is 7.09. The lowest BCUT2D eigenvalue weighted by Crippen LogP contribution is -2.06. The Labute approximate surface area is 84.5 Å². The number of hydrogen-bond donors (Lipinski definition) is 1. The third-order valence-corrected chi connectivity index (χ3v) is 2.24. The van der Waals surface area contributed by atoms with Gasteiger partial charge in [-0.05, 0) is 12.3 Å². The molecule has 15 heavy (non-hydrogen) atoms. The number of rotatable bonds is 1. The van der Waals surface area contributed by atoms with Gasteiger partial charge in [0.05, 0.1) is 10.3 Å². The molecule has 0 aliphatic heterocycles. The first kappa shape index (κ1) is 9.39. The lowest BCUT2D eigenvalue weighted by molar-refractivity contribution is -0.383. The molecule has 0 aliphatic rings. The second-order valence-corrected chi connectivity index (χ2v) is 3.26. The van der Waals surface area contributed by atoms with Crippen molar-refractivity contribution in [2.75, 3.05) is 0 Å². The van der Waals surface area contributed by atoms with Crippen molar-refractivity contribution in [2.24, 2.45) is 0 Å². The average molecular weight is 204 g/mol. The van der Waals surface area contributed by atoms with Gasteiger partial charge in [-0.25, -0.2) is 0 Å². The van der Waals surface area contributed by atoms with Crippen LogP contribution in [0.1, 0.15) is 5.69 Å². The van der Waals surface area contributed by atoms with Crippen LogP contribution in [-0.2, 0) is 0 Å². The molecule has 1 N–H and O–H groups in total. The summed E-state index contributed by atoms with van der Waals surface area (Å²) in [5.74, 6) is 0. The Morgan fingerprint density at radius 1 is 1.40 bits per heavy atom. The molecule has 1 aromatic heterocycles. The quantitative estimate of drug-likeness (QED) is 0.567. The van der Waals surface area contributed by atoms with E-state index in [1.165, 1.54) is 12.1 Å². The molecule has 5 heteroatoms. The highest BCUT2D eigenvalue weighted by molar-refractivity contribution is 5.92. The van der Waals surface area contributed by atoms with Crippen LogP contribution in [0.5, 0.6) is 0 Å². The fourth-order valence-electron chi connectivity index (χ4n) is 1.66. The van der Waals surface area contributed by atoms with E-state index >= 15 is 0 Å². The van der Waals surface area contributed by atoms with Crippen molar-refractivity contribution in [3.05, 3.63) is 50.4 Å². The van der Waals surface area contributed by atoms with Crippen molar-refractivity contribution >= 4 is 16.5 Å². The maximum Gasteiger partial charge on any atom is 0.278 e. The first-order valence-corrected chi connectivity index (χ1v) is 4.36. The Balaban J connectivity index is 2.97. The number of aryl methyl sites for hydroxylation is 1. The summed E-state index contributed by atoms with van der Waals surface area (Å²) < 4.78 is 0. The van der Waals surface area contributed by atoms with Crippen LogP contribution in [0.3, 0.4) is 0 Å². The van der Waals surface area contributed by atoms with Crippen LogP contribution in [0.25, 0.3) is 10.8 Å². The third-order valence-electron chi connectivity index (χ3n) is 2.24. The van der Waals surface area contributed by atoms with Crippen molar-refractivity contribution in [3.8, 4) is 0 Å². The number of benzene rings is 1. The smallest absolute Gasteiger partial charge is 0.278 e. The molecule has 0 spiro atoms. The van der Waals surface area contributed by atoms with Crippen LogP contribution in [0.4, 0.5) is 5.69 Å². The summed E-state index contributed by atoms with van der Waals surface area (Å²) in [6.45, 7) is 1.65. The highest BCUT2D eigenvalue weighted by Gasteiger charge is 2.13. The highest BCUT2D eigenvalue weighted by atomic mass is 16.6. The lowest BCUT2D eigenvalue weighted by Gasteiger charge is -2.01. The number of fused-ring (bicyclic) bond motifs is 1. The molecule has 1 aromatic carbocycles. The summed E-state index contributed by atoms with van der Waals surface area (Å²) in [6, 6.07) is 6.03. The van der Waals surface area contributed by atoms with E-state index in [1.54, 1.807) is 19.1 Å². The number of nitro benzene ring substituents is 1. The Hall–Kier alpha value is -2.17. The van der Waals surface area contributed by atoms with Gasteiger partial charge in [-0.1, -0.05) is 12.1 Å². The largest absolute Gasteiger partial charge is 0.326 e. The molecule has 0 fully saturated rings. The molecule has 0 unspecified atom stereocenters. The van der Waals surface area contributed by atoms with Crippen LogP contribution >= 0.6 is 0 Å². The fraction of sp³-hybridized carbons (Fsp3) is 0.100. The Kier molecular flexibility index (Phi) is 2.00. The third kappa shape index (κ3) is 1.48. The molecule has 76 valence electrons. The van der Waals surface area contributed by atoms with Gasteiger partial charge in [0.1, 0.15) is 0 Å². The minimum absolute atomic E-state index is 0.0150. The second-order valence-electron chi connectivity index (χ2n) is 3.26. The standard InChI is InChI=1S/C10H8N2O3/c1-6-10-7(5-9(13)11-6)3-2-4-8(10)12(14)15/h2-5H,1H3,(H,11,13). The molecule has 5 nitrogen and oxygen atoms in total. The van der Waals surface area contributed by atoms with E-state index in [2.05, 4.69) is 4.98 Å². The van der Waals surface area contributed by atoms with Crippen LogP contribution in [-0.4, -0.2) is 9.91 Å². The van der Waals surface area contributed by atoms with Crippen molar-refractivity contribution in [3.63, 3.8) is 0 Å². The molecule has 1 heterocycles. The second kappa shape index (κ2) is 3.20. The number of nitrogens with one attached hydrogen (secondary N) is 1. The molecular formula is C10H8N2O3. The molecule has 0 bridgehead atoms. The fourth-order valence-corrected chi connectivity index (χ4v) is 1.66. The Morgan fingerprint density at radius 2 is 2.13 bits per heavy atom. The van der Waals surface area contributed by atoms with Gasteiger partial charge < -0.3 is 4.98 Å². The number of H-pyrrole nitrogens is 1. The molecule has 0 saturated carbocycles. The SMILES string of the molecule is Cc1[nH]c(=O)cc2cccc([N+](=O)[O-])c12. The number of hydrogen-bond acceptors (Lipinski definition) is 3. The predicted octanol–water partition coefficient (Wildman–Crippen LogP) is 1.74. The van der Waals surface area contributed by atoms with Gasteiger partial charge in [-0.3, -0.25) is 14.9 Å². The summed E-state index contributed by atoms with van der Waals surface area (Å²) in [5, 5.41) is 11.8. The van der Waals surface area contributed by atoms with Gasteiger partial charge >= 0.3 is 0 Å².